The molecule has 2 N–H and O–H groups in total. The summed E-state index contributed by atoms with van der Waals surface area (Å²) in [6.45, 7) is 8.38. The van der Waals surface area contributed by atoms with Crippen molar-refractivity contribution in [2.75, 3.05) is 23.7 Å². The molecule has 1 rings (SSSR count). The van der Waals surface area contributed by atoms with Crippen LogP contribution >= 0.6 is 11.6 Å². The first-order valence-electron chi connectivity index (χ1n) is 7.13. The average molecular weight is 285 g/mol. The average Bonchev–Trinajstić information content (AvgIpc) is 2.38. The summed E-state index contributed by atoms with van der Waals surface area (Å²) in [5, 5.41) is 7.01. The SMILES string of the molecule is CCCNc1ncc(Cl)c(NCCCCC(C)C)n1. The molecule has 108 valence electrons. The number of anilines is 2. The van der Waals surface area contributed by atoms with E-state index >= 15 is 0 Å². The van der Waals surface area contributed by atoms with Gasteiger partial charge in [-0.05, 0) is 18.8 Å². The summed E-state index contributed by atoms with van der Waals surface area (Å²) in [7, 11) is 0. The molecular weight excluding hydrogens is 260 g/mol. The van der Waals surface area contributed by atoms with Crippen LogP contribution in [0, 0.1) is 5.92 Å². The van der Waals surface area contributed by atoms with Crippen LogP contribution in [-0.2, 0) is 0 Å². The van der Waals surface area contributed by atoms with Gasteiger partial charge in [0.15, 0.2) is 0 Å². The molecule has 0 aliphatic rings. The van der Waals surface area contributed by atoms with Crippen LogP contribution in [-0.4, -0.2) is 23.1 Å². The van der Waals surface area contributed by atoms with Crippen LogP contribution in [0.1, 0.15) is 46.5 Å². The zero-order chi connectivity index (χ0) is 14.1. The summed E-state index contributed by atoms with van der Waals surface area (Å²) in [5.41, 5.74) is 0. The number of aromatic nitrogens is 2. The predicted octanol–water partition coefficient (Wildman–Crippen LogP) is 4.19. The van der Waals surface area contributed by atoms with Crippen LogP contribution in [0.4, 0.5) is 11.8 Å². The summed E-state index contributed by atoms with van der Waals surface area (Å²) in [4.78, 5) is 8.53. The topological polar surface area (TPSA) is 49.8 Å². The van der Waals surface area contributed by atoms with Gasteiger partial charge in [-0.25, -0.2) is 4.98 Å². The Bertz CT molecular complexity index is 368. The highest BCUT2D eigenvalue weighted by Crippen LogP contribution is 2.19. The van der Waals surface area contributed by atoms with E-state index in [2.05, 4.69) is 41.4 Å². The van der Waals surface area contributed by atoms with Gasteiger partial charge in [0.25, 0.3) is 0 Å². The molecule has 0 aromatic carbocycles. The van der Waals surface area contributed by atoms with Gasteiger partial charge in [0.1, 0.15) is 10.8 Å². The highest BCUT2D eigenvalue weighted by Gasteiger charge is 2.04. The molecule has 19 heavy (non-hydrogen) atoms. The smallest absolute Gasteiger partial charge is 0.224 e. The van der Waals surface area contributed by atoms with E-state index in [4.69, 9.17) is 11.6 Å². The highest BCUT2D eigenvalue weighted by molar-refractivity contribution is 6.32. The lowest BCUT2D eigenvalue weighted by atomic mass is 10.1. The number of halogens is 1. The Kier molecular flexibility index (Phi) is 7.56. The maximum Gasteiger partial charge on any atom is 0.224 e. The van der Waals surface area contributed by atoms with Gasteiger partial charge in [-0.15, -0.1) is 0 Å². The van der Waals surface area contributed by atoms with Crippen LogP contribution in [0.2, 0.25) is 5.02 Å². The minimum atomic E-state index is 0.575. The Morgan fingerprint density at radius 2 is 2.00 bits per heavy atom. The second kappa shape index (κ2) is 8.97. The molecule has 4 nitrogen and oxygen atoms in total. The molecule has 0 atom stereocenters. The Labute approximate surface area is 121 Å². The lowest BCUT2D eigenvalue weighted by Gasteiger charge is -2.10. The van der Waals surface area contributed by atoms with Crippen LogP contribution in [0.3, 0.4) is 0 Å². The second-order valence-corrected chi connectivity index (χ2v) is 5.54. The van der Waals surface area contributed by atoms with Gasteiger partial charge in [-0.3, -0.25) is 0 Å². The molecule has 0 unspecified atom stereocenters. The zero-order valence-corrected chi connectivity index (χ0v) is 12.9. The van der Waals surface area contributed by atoms with Crippen molar-refractivity contribution >= 4 is 23.4 Å². The van der Waals surface area contributed by atoms with E-state index in [1.165, 1.54) is 12.8 Å². The summed E-state index contributed by atoms with van der Waals surface area (Å²) in [6, 6.07) is 0. The van der Waals surface area contributed by atoms with Gasteiger partial charge in [0, 0.05) is 13.1 Å². The van der Waals surface area contributed by atoms with E-state index < -0.39 is 0 Å². The fourth-order valence-corrected chi connectivity index (χ4v) is 1.86. The molecule has 0 saturated heterocycles. The molecule has 0 amide bonds. The van der Waals surface area contributed by atoms with Crippen molar-refractivity contribution in [3.8, 4) is 0 Å². The van der Waals surface area contributed by atoms with E-state index in [1.807, 2.05) is 0 Å². The fourth-order valence-electron chi connectivity index (χ4n) is 1.70. The monoisotopic (exact) mass is 284 g/mol. The first-order valence-corrected chi connectivity index (χ1v) is 7.51. The molecule has 1 aromatic heterocycles. The largest absolute Gasteiger partial charge is 0.369 e. The number of rotatable bonds is 9. The lowest BCUT2D eigenvalue weighted by molar-refractivity contribution is 0.544. The third-order valence-corrected chi connectivity index (χ3v) is 3.05. The molecule has 0 bridgehead atoms. The maximum atomic E-state index is 6.08. The van der Waals surface area contributed by atoms with Gasteiger partial charge >= 0.3 is 0 Å². The summed E-state index contributed by atoms with van der Waals surface area (Å²) >= 11 is 6.08. The molecule has 0 fully saturated rings. The molecule has 0 aliphatic heterocycles. The molecule has 1 heterocycles. The van der Waals surface area contributed by atoms with Gasteiger partial charge in [-0.1, -0.05) is 45.2 Å². The Hall–Kier alpha value is -1.03. The Morgan fingerprint density at radius 3 is 2.68 bits per heavy atom. The Morgan fingerprint density at radius 1 is 1.21 bits per heavy atom. The molecule has 1 aromatic rings. The van der Waals surface area contributed by atoms with Gasteiger partial charge in [-0.2, -0.15) is 4.98 Å². The van der Waals surface area contributed by atoms with E-state index in [1.54, 1.807) is 6.20 Å². The van der Waals surface area contributed by atoms with E-state index in [-0.39, 0.29) is 0 Å². The number of unbranched alkanes of at least 4 members (excludes halogenated alkanes) is 1. The van der Waals surface area contributed by atoms with Gasteiger partial charge in [0.2, 0.25) is 5.95 Å². The van der Waals surface area contributed by atoms with Crippen molar-refractivity contribution in [2.24, 2.45) is 5.92 Å². The maximum absolute atomic E-state index is 6.08. The minimum absolute atomic E-state index is 0.575. The normalized spacial score (nSPS) is 10.8. The van der Waals surface area contributed by atoms with E-state index in [0.717, 1.165) is 37.7 Å². The standard InChI is InChI=1S/C14H25ClN4/c1-4-8-17-14-18-10-12(15)13(19-14)16-9-6-5-7-11(2)3/h10-11H,4-9H2,1-3H3,(H2,16,17,18,19). The number of nitrogens with zero attached hydrogens (tertiary/aromatic N) is 2. The quantitative estimate of drug-likeness (QED) is 0.668. The third-order valence-electron chi connectivity index (χ3n) is 2.78. The number of hydrogen-bond acceptors (Lipinski definition) is 4. The number of nitrogens with one attached hydrogen (secondary N) is 2. The van der Waals surface area contributed by atoms with Crippen molar-refractivity contribution in [3.63, 3.8) is 0 Å². The van der Waals surface area contributed by atoms with Crippen LogP contribution in [0.25, 0.3) is 0 Å². The van der Waals surface area contributed by atoms with Crippen molar-refractivity contribution < 1.29 is 0 Å². The molecular formula is C14H25ClN4. The summed E-state index contributed by atoms with van der Waals surface area (Å²) in [6.07, 6.45) is 6.32. The van der Waals surface area contributed by atoms with Crippen molar-refractivity contribution in [1.82, 2.24) is 9.97 Å². The highest BCUT2D eigenvalue weighted by atomic mass is 35.5. The summed E-state index contributed by atoms with van der Waals surface area (Å²) in [5.74, 6) is 2.13. The third kappa shape index (κ3) is 6.62. The van der Waals surface area contributed by atoms with E-state index in [9.17, 15) is 0 Å². The second-order valence-electron chi connectivity index (χ2n) is 5.13. The minimum Gasteiger partial charge on any atom is -0.369 e. The van der Waals surface area contributed by atoms with Gasteiger partial charge < -0.3 is 10.6 Å². The van der Waals surface area contributed by atoms with Gasteiger partial charge in [0.05, 0.1) is 6.20 Å². The molecule has 5 heteroatoms. The first-order chi connectivity index (χ1) is 9.13. The molecule has 0 radical (unpaired) electrons. The van der Waals surface area contributed by atoms with Crippen LogP contribution < -0.4 is 10.6 Å². The lowest BCUT2D eigenvalue weighted by Crippen LogP contribution is -2.09. The van der Waals surface area contributed by atoms with Crippen LogP contribution in [0.15, 0.2) is 6.20 Å². The summed E-state index contributed by atoms with van der Waals surface area (Å²) < 4.78 is 0. The zero-order valence-electron chi connectivity index (χ0n) is 12.2. The number of hydrogen-bond donors (Lipinski definition) is 2. The fraction of sp³-hybridized carbons (Fsp3) is 0.714. The van der Waals surface area contributed by atoms with E-state index in [0.29, 0.717) is 11.0 Å². The van der Waals surface area contributed by atoms with Crippen molar-refractivity contribution in [2.45, 2.75) is 46.5 Å². The molecule has 0 saturated carbocycles. The molecule has 0 spiro atoms. The first kappa shape index (κ1) is 16.0. The van der Waals surface area contributed by atoms with Crippen LogP contribution in [0.5, 0.6) is 0 Å². The van der Waals surface area contributed by atoms with Crippen molar-refractivity contribution in [3.05, 3.63) is 11.2 Å². The molecule has 0 aliphatic carbocycles. The predicted molar refractivity (Wildman–Crippen MR) is 83.0 cm³/mol. The Balaban J connectivity index is 2.39. The van der Waals surface area contributed by atoms with Crippen molar-refractivity contribution in [1.29, 1.82) is 0 Å².